The number of nitrogens with zero attached hydrogens (tertiary/aromatic N) is 1. The SMILES string of the molecule is CCC1COCCN1S(=O)(=O)CCC1CCCCN1. The molecule has 0 saturated carbocycles. The summed E-state index contributed by atoms with van der Waals surface area (Å²) in [5.41, 5.74) is 0. The minimum absolute atomic E-state index is 0.0260. The first-order valence-corrected chi connectivity index (χ1v) is 9.05. The number of sulfonamides is 1. The van der Waals surface area contributed by atoms with Gasteiger partial charge in [-0.2, -0.15) is 4.31 Å². The molecule has 0 radical (unpaired) electrons. The molecule has 19 heavy (non-hydrogen) atoms. The molecule has 2 heterocycles. The van der Waals surface area contributed by atoms with Crippen molar-refractivity contribution < 1.29 is 13.2 Å². The van der Waals surface area contributed by atoms with Crippen molar-refractivity contribution in [2.45, 2.75) is 51.1 Å². The third kappa shape index (κ3) is 4.15. The normalized spacial score (nSPS) is 30.4. The van der Waals surface area contributed by atoms with Crippen LogP contribution < -0.4 is 5.32 Å². The predicted molar refractivity (Wildman–Crippen MR) is 75.6 cm³/mol. The summed E-state index contributed by atoms with van der Waals surface area (Å²) >= 11 is 0. The highest BCUT2D eigenvalue weighted by molar-refractivity contribution is 7.89. The molecule has 5 nitrogen and oxygen atoms in total. The zero-order chi connectivity index (χ0) is 13.7. The predicted octanol–water partition coefficient (Wildman–Crippen LogP) is 0.959. The first-order valence-electron chi connectivity index (χ1n) is 7.44. The Morgan fingerprint density at radius 1 is 1.37 bits per heavy atom. The summed E-state index contributed by atoms with van der Waals surface area (Å²) in [6.45, 7) is 4.62. The van der Waals surface area contributed by atoms with Gasteiger partial charge in [-0.25, -0.2) is 8.42 Å². The molecule has 0 aromatic carbocycles. The highest BCUT2D eigenvalue weighted by Crippen LogP contribution is 2.18. The smallest absolute Gasteiger partial charge is 0.214 e. The molecule has 0 amide bonds. The van der Waals surface area contributed by atoms with Gasteiger partial charge in [-0.15, -0.1) is 0 Å². The molecule has 6 heteroatoms. The lowest BCUT2D eigenvalue weighted by Gasteiger charge is -2.34. The van der Waals surface area contributed by atoms with Crippen LogP contribution in [0.5, 0.6) is 0 Å². The molecule has 2 aliphatic rings. The highest BCUT2D eigenvalue weighted by atomic mass is 32.2. The minimum Gasteiger partial charge on any atom is -0.378 e. The van der Waals surface area contributed by atoms with Gasteiger partial charge in [0.2, 0.25) is 10.0 Å². The van der Waals surface area contributed by atoms with Gasteiger partial charge in [0, 0.05) is 18.6 Å². The zero-order valence-corrected chi connectivity index (χ0v) is 12.6. The van der Waals surface area contributed by atoms with E-state index in [1.54, 1.807) is 4.31 Å². The van der Waals surface area contributed by atoms with Gasteiger partial charge in [0.25, 0.3) is 0 Å². The Morgan fingerprint density at radius 3 is 2.89 bits per heavy atom. The van der Waals surface area contributed by atoms with Crippen molar-refractivity contribution >= 4 is 10.0 Å². The van der Waals surface area contributed by atoms with Crippen LogP contribution in [0.15, 0.2) is 0 Å². The Kier molecular flexibility index (Phi) is 5.62. The summed E-state index contributed by atoms with van der Waals surface area (Å²) < 4.78 is 31.9. The fraction of sp³-hybridized carbons (Fsp3) is 1.00. The van der Waals surface area contributed by atoms with Crippen molar-refractivity contribution in [2.24, 2.45) is 0 Å². The van der Waals surface area contributed by atoms with Crippen molar-refractivity contribution in [3.8, 4) is 0 Å². The van der Waals surface area contributed by atoms with Crippen molar-refractivity contribution in [3.63, 3.8) is 0 Å². The zero-order valence-electron chi connectivity index (χ0n) is 11.8. The van der Waals surface area contributed by atoms with Crippen LogP contribution in [0.2, 0.25) is 0 Å². The van der Waals surface area contributed by atoms with E-state index in [2.05, 4.69) is 5.32 Å². The molecule has 2 fully saturated rings. The molecule has 2 rings (SSSR count). The van der Waals surface area contributed by atoms with Crippen LogP contribution in [0.25, 0.3) is 0 Å². The van der Waals surface area contributed by atoms with Crippen molar-refractivity contribution in [1.29, 1.82) is 0 Å². The fourth-order valence-electron chi connectivity index (χ4n) is 2.91. The minimum atomic E-state index is -3.13. The number of morpholine rings is 1. The van der Waals surface area contributed by atoms with Crippen LogP contribution in [0, 0.1) is 0 Å². The molecule has 0 aliphatic carbocycles. The second-order valence-electron chi connectivity index (χ2n) is 5.50. The van der Waals surface area contributed by atoms with E-state index in [1.807, 2.05) is 6.92 Å². The number of hydrogen-bond donors (Lipinski definition) is 1. The molecular weight excluding hydrogens is 264 g/mol. The van der Waals surface area contributed by atoms with Crippen LogP contribution in [0.4, 0.5) is 0 Å². The van der Waals surface area contributed by atoms with Crippen LogP contribution in [-0.2, 0) is 14.8 Å². The van der Waals surface area contributed by atoms with E-state index in [4.69, 9.17) is 4.74 Å². The van der Waals surface area contributed by atoms with E-state index in [9.17, 15) is 8.42 Å². The Balaban J connectivity index is 1.89. The van der Waals surface area contributed by atoms with Gasteiger partial charge in [-0.1, -0.05) is 13.3 Å². The Morgan fingerprint density at radius 2 is 2.21 bits per heavy atom. The molecule has 0 aromatic heterocycles. The molecular formula is C13H26N2O3S. The molecule has 0 bridgehead atoms. The summed E-state index contributed by atoms with van der Waals surface area (Å²) in [7, 11) is -3.13. The number of piperidine rings is 1. The first kappa shape index (κ1) is 15.2. The topological polar surface area (TPSA) is 58.6 Å². The second kappa shape index (κ2) is 7.02. The first-order chi connectivity index (χ1) is 9.13. The molecule has 2 unspecified atom stereocenters. The standard InChI is InChI=1S/C13H26N2O3S/c1-2-13-11-18-9-8-15(13)19(16,17)10-6-12-5-3-4-7-14-12/h12-14H,2-11H2,1H3. The van der Waals surface area contributed by atoms with E-state index in [1.165, 1.54) is 12.8 Å². The average molecular weight is 290 g/mol. The lowest BCUT2D eigenvalue weighted by atomic mass is 10.0. The van der Waals surface area contributed by atoms with Crippen LogP contribution in [-0.4, -0.2) is 56.9 Å². The largest absolute Gasteiger partial charge is 0.378 e. The van der Waals surface area contributed by atoms with Gasteiger partial charge < -0.3 is 10.1 Å². The number of rotatable bonds is 5. The van der Waals surface area contributed by atoms with Crippen LogP contribution in [0.3, 0.4) is 0 Å². The monoisotopic (exact) mass is 290 g/mol. The molecule has 0 aromatic rings. The fourth-order valence-corrected chi connectivity index (χ4v) is 4.74. The summed E-state index contributed by atoms with van der Waals surface area (Å²) in [4.78, 5) is 0. The summed E-state index contributed by atoms with van der Waals surface area (Å²) in [5.74, 6) is 0.265. The average Bonchev–Trinajstić information content (AvgIpc) is 2.46. The van der Waals surface area contributed by atoms with E-state index in [0.29, 0.717) is 25.8 Å². The number of hydrogen-bond acceptors (Lipinski definition) is 4. The second-order valence-corrected chi connectivity index (χ2v) is 7.54. The van der Waals surface area contributed by atoms with Crippen LogP contribution in [0.1, 0.15) is 39.0 Å². The van der Waals surface area contributed by atoms with E-state index >= 15 is 0 Å². The maximum Gasteiger partial charge on any atom is 0.214 e. The van der Waals surface area contributed by atoms with E-state index in [0.717, 1.165) is 25.8 Å². The number of ether oxygens (including phenoxy) is 1. The van der Waals surface area contributed by atoms with Crippen molar-refractivity contribution in [1.82, 2.24) is 9.62 Å². The quantitative estimate of drug-likeness (QED) is 0.819. The van der Waals surface area contributed by atoms with Crippen LogP contribution >= 0.6 is 0 Å². The lowest BCUT2D eigenvalue weighted by Crippen LogP contribution is -2.49. The van der Waals surface area contributed by atoms with E-state index < -0.39 is 10.0 Å². The van der Waals surface area contributed by atoms with Crippen molar-refractivity contribution in [2.75, 3.05) is 32.1 Å². The molecule has 2 aliphatic heterocycles. The molecule has 0 spiro atoms. The third-order valence-electron chi connectivity index (χ3n) is 4.14. The summed E-state index contributed by atoms with van der Waals surface area (Å²) in [6.07, 6.45) is 5.09. The van der Waals surface area contributed by atoms with Gasteiger partial charge >= 0.3 is 0 Å². The summed E-state index contributed by atoms with van der Waals surface area (Å²) in [6, 6.07) is 0.405. The molecule has 2 saturated heterocycles. The maximum absolute atomic E-state index is 12.4. The Labute approximate surface area is 116 Å². The van der Waals surface area contributed by atoms with E-state index in [-0.39, 0.29) is 11.8 Å². The van der Waals surface area contributed by atoms with Gasteiger partial charge in [-0.3, -0.25) is 0 Å². The highest BCUT2D eigenvalue weighted by Gasteiger charge is 2.32. The van der Waals surface area contributed by atoms with Gasteiger partial charge in [0.15, 0.2) is 0 Å². The molecule has 112 valence electrons. The number of nitrogens with one attached hydrogen (secondary N) is 1. The van der Waals surface area contributed by atoms with Gasteiger partial charge in [0.1, 0.15) is 0 Å². The molecule has 1 N–H and O–H groups in total. The van der Waals surface area contributed by atoms with Crippen molar-refractivity contribution in [3.05, 3.63) is 0 Å². The third-order valence-corrected chi connectivity index (χ3v) is 6.09. The summed E-state index contributed by atoms with van der Waals surface area (Å²) in [5, 5.41) is 3.41. The maximum atomic E-state index is 12.4. The molecule has 2 atom stereocenters. The lowest BCUT2D eigenvalue weighted by molar-refractivity contribution is 0.0314. The van der Waals surface area contributed by atoms with Gasteiger partial charge in [0.05, 0.1) is 19.0 Å². The Hall–Kier alpha value is -0.170. The Bertz CT molecular complexity index is 366. The van der Waals surface area contributed by atoms with Gasteiger partial charge in [-0.05, 0) is 32.2 Å².